The maximum Gasteiger partial charge on any atom is 0.238 e. The van der Waals surface area contributed by atoms with Crippen molar-refractivity contribution in [2.45, 2.75) is 31.2 Å². The van der Waals surface area contributed by atoms with Gasteiger partial charge in [0.15, 0.2) is 0 Å². The van der Waals surface area contributed by atoms with Gasteiger partial charge in [0.1, 0.15) is 0 Å². The van der Waals surface area contributed by atoms with E-state index in [2.05, 4.69) is 41.4 Å². The Morgan fingerprint density at radius 3 is 2.28 bits per heavy atom. The minimum atomic E-state index is -3.69. The number of aryl methyl sites for hydroxylation is 1. The highest BCUT2D eigenvalue weighted by Gasteiger charge is 2.13. The topological polar surface area (TPSA) is 92.5 Å². The van der Waals surface area contributed by atoms with Crippen molar-refractivity contribution in [3.63, 3.8) is 0 Å². The summed E-state index contributed by atoms with van der Waals surface area (Å²) in [7, 11) is -3.69. The molecule has 0 aliphatic rings. The fourth-order valence-corrected chi connectivity index (χ4v) is 4.84. The number of primary sulfonamides is 1. The van der Waals surface area contributed by atoms with Crippen LogP contribution in [0.2, 0.25) is 0 Å². The van der Waals surface area contributed by atoms with Crippen molar-refractivity contribution in [2.75, 3.05) is 19.6 Å². The Hall–Kier alpha value is -2.52. The molecule has 0 aliphatic heterocycles. The summed E-state index contributed by atoms with van der Waals surface area (Å²) in [4.78, 5) is 17.4. The van der Waals surface area contributed by atoms with E-state index in [1.165, 1.54) is 27.5 Å². The molecule has 2 aromatic carbocycles. The molecule has 0 bridgehead atoms. The van der Waals surface area contributed by atoms with E-state index in [9.17, 15) is 13.2 Å². The molecule has 1 heterocycles. The van der Waals surface area contributed by atoms with Crippen molar-refractivity contribution in [2.24, 2.45) is 5.14 Å². The molecule has 170 valence electrons. The predicted molar refractivity (Wildman–Crippen MR) is 129 cm³/mol. The third-order valence-electron chi connectivity index (χ3n) is 5.09. The van der Waals surface area contributed by atoms with Crippen molar-refractivity contribution in [1.82, 2.24) is 10.2 Å². The fourth-order valence-electron chi connectivity index (χ4n) is 3.39. The van der Waals surface area contributed by atoms with Gasteiger partial charge in [0.25, 0.3) is 0 Å². The van der Waals surface area contributed by atoms with Crippen molar-refractivity contribution in [3.05, 3.63) is 87.6 Å². The van der Waals surface area contributed by atoms with Gasteiger partial charge in [-0.05, 0) is 55.2 Å². The molecule has 1 amide bonds. The molecule has 3 rings (SSSR count). The van der Waals surface area contributed by atoms with E-state index in [-0.39, 0.29) is 10.8 Å². The lowest BCUT2D eigenvalue weighted by molar-refractivity contribution is -0.122. The van der Waals surface area contributed by atoms with E-state index in [1.54, 1.807) is 23.5 Å². The van der Waals surface area contributed by atoms with Crippen LogP contribution in [0.5, 0.6) is 0 Å². The van der Waals surface area contributed by atoms with Gasteiger partial charge in [-0.25, -0.2) is 13.6 Å². The maximum atomic E-state index is 12.6. The van der Waals surface area contributed by atoms with Crippen molar-refractivity contribution in [1.29, 1.82) is 0 Å². The Kier molecular flexibility index (Phi) is 8.58. The lowest BCUT2D eigenvalue weighted by Crippen LogP contribution is -2.38. The van der Waals surface area contributed by atoms with Gasteiger partial charge in [0.05, 0.1) is 11.4 Å². The number of hydrogen-bond acceptors (Lipinski definition) is 5. The highest BCUT2D eigenvalue weighted by molar-refractivity contribution is 7.89. The lowest BCUT2D eigenvalue weighted by Gasteiger charge is -2.21. The molecule has 0 saturated heterocycles. The van der Waals surface area contributed by atoms with E-state index in [0.29, 0.717) is 19.5 Å². The molecule has 3 N–H and O–H groups in total. The number of rotatable bonds is 11. The zero-order valence-electron chi connectivity index (χ0n) is 18.2. The summed E-state index contributed by atoms with van der Waals surface area (Å²) in [5, 5.41) is 8.10. The molecule has 0 spiro atoms. The lowest BCUT2D eigenvalue weighted by atomic mass is 10.1. The standard InChI is InChI=1S/C24H29N3O3S2/c1-19-7-10-22(31-19)17-27(16-14-20-5-3-2-4-6-20)18-24(28)26-15-13-21-8-11-23(12-9-21)32(25,29)30/h2-12H,13-18H2,1H3,(H,26,28)(H2,25,29,30). The van der Waals surface area contributed by atoms with Gasteiger partial charge in [-0.3, -0.25) is 9.69 Å². The molecule has 0 aliphatic carbocycles. The fraction of sp³-hybridized carbons (Fsp3) is 0.292. The first-order valence-electron chi connectivity index (χ1n) is 10.5. The van der Waals surface area contributed by atoms with Crippen LogP contribution in [0, 0.1) is 6.92 Å². The number of hydrogen-bond donors (Lipinski definition) is 2. The van der Waals surface area contributed by atoms with E-state index in [1.807, 2.05) is 18.2 Å². The third kappa shape index (κ3) is 7.87. The number of nitrogens with one attached hydrogen (secondary N) is 1. The van der Waals surface area contributed by atoms with Crippen molar-refractivity contribution >= 4 is 27.3 Å². The number of sulfonamides is 1. The summed E-state index contributed by atoms with van der Waals surface area (Å²) in [6.45, 7) is 4.44. The number of thiophene rings is 1. The highest BCUT2D eigenvalue weighted by atomic mass is 32.2. The first-order valence-corrected chi connectivity index (χ1v) is 12.9. The Balaban J connectivity index is 1.51. The highest BCUT2D eigenvalue weighted by Crippen LogP contribution is 2.17. The van der Waals surface area contributed by atoms with Crippen LogP contribution >= 0.6 is 11.3 Å². The number of amides is 1. The first-order chi connectivity index (χ1) is 15.3. The quantitative estimate of drug-likeness (QED) is 0.449. The monoisotopic (exact) mass is 471 g/mol. The van der Waals surface area contributed by atoms with Crippen LogP contribution in [0.4, 0.5) is 0 Å². The molecule has 0 atom stereocenters. The van der Waals surface area contributed by atoms with Gasteiger partial charge in [-0.1, -0.05) is 42.5 Å². The van der Waals surface area contributed by atoms with Gasteiger partial charge < -0.3 is 5.32 Å². The molecule has 1 aromatic heterocycles. The summed E-state index contributed by atoms with van der Waals surface area (Å²) in [5.41, 5.74) is 2.19. The summed E-state index contributed by atoms with van der Waals surface area (Å²) in [6, 6.07) is 20.9. The minimum absolute atomic E-state index is 0.0208. The summed E-state index contributed by atoms with van der Waals surface area (Å²) < 4.78 is 22.7. The maximum absolute atomic E-state index is 12.6. The average molecular weight is 472 g/mol. The van der Waals surface area contributed by atoms with E-state index in [4.69, 9.17) is 5.14 Å². The smallest absolute Gasteiger partial charge is 0.238 e. The van der Waals surface area contributed by atoms with Crippen LogP contribution in [0.15, 0.2) is 71.6 Å². The second kappa shape index (κ2) is 11.4. The van der Waals surface area contributed by atoms with Crippen LogP contribution in [0.3, 0.4) is 0 Å². The van der Waals surface area contributed by atoms with Crippen LogP contribution in [-0.2, 0) is 34.2 Å². The number of nitrogens with zero attached hydrogens (tertiary/aromatic N) is 1. The molecule has 32 heavy (non-hydrogen) atoms. The largest absolute Gasteiger partial charge is 0.355 e. The van der Waals surface area contributed by atoms with Crippen molar-refractivity contribution < 1.29 is 13.2 Å². The number of nitrogens with two attached hydrogens (primary N) is 1. The van der Waals surface area contributed by atoms with Gasteiger partial charge >= 0.3 is 0 Å². The molecule has 0 fully saturated rings. The van der Waals surface area contributed by atoms with Crippen LogP contribution in [0.25, 0.3) is 0 Å². The zero-order valence-corrected chi connectivity index (χ0v) is 19.8. The molecular formula is C24H29N3O3S2. The normalized spacial score (nSPS) is 11.6. The second-order valence-corrected chi connectivity index (χ2v) is 10.7. The van der Waals surface area contributed by atoms with Crippen molar-refractivity contribution in [3.8, 4) is 0 Å². The summed E-state index contributed by atoms with van der Waals surface area (Å²) in [6.07, 6.45) is 1.50. The second-order valence-electron chi connectivity index (χ2n) is 7.75. The molecule has 6 nitrogen and oxygen atoms in total. The Bertz CT molecular complexity index is 1110. The van der Waals surface area contributed by atoms with Crippen LogP contribution < -0.4 is 10.5 Å². The SMILES string of the molecule is Cc1ccc(CN(CCc2ccccc2)CC(=O)NCCc2ccc(S(N)(=O)=O)cc2)s1. The van der Waals surface area contributed by atoms with E-state index < -0.39 is 10.0 Å². The Morgan fingerprint density at radius 2 is 1.66 bits per heavy atom. The number of carbonyl (C=O) groups is 1. The number of carbonyl (C=O) groups excluding carboxylic acids is 1. The summed E-state index contributed by atoms with van der Waals surface area (Å²) >= 11 is 1.76. The Morgan fingerprint density at radius 1 is 0.969 bits per heavy atom. The summed E-state index contributed by atoms with van der Waals surface area (Å²) in [5.74, 6) is -0.0208. The van der Waals surface area contributed by atoms with E-state index in [0.717, 1.165) is 25.1 Å². The van der Waals surface area contributed by atoms with E-state index >= 15 is 0 Å². The molecule has 0 unspecified atom stereocenters. The minimum Gasteiger partial charge on any atom is -0.355 e. The average Bonchev–Trinajstić information content (AvgIpc) is 3.17. The first kappa shape index (κ1) is 24.1. The van der Waals surface area contributed by atoms with Gasteiger partial charge in [-0.2, -0.15) is 0 Å². The molecule has 0 radical (unpaired) electrons. The predicted octanol–water partition coefficient (Wildman–Crippen LogP) is 3.11. The molecule has 8 heteroatoms. The molecular weight excluding hydrogens is 442 g/mol. The molecule has 3 aromatic rings. The number of benzene rings is 2. The molecule has 0 saturated carbocycles. The Labute approximate surface area is 194 Å². The zero-order chi connectivity index (χ0) is 23.0. The van der Waals surface area contributed by atoms with Gasteiger partial charge in [0.2, 0.25) is 15.9 Å². The van der Waals surface area contributed by atoms with Crippen LogP contribution in [-0.4, -0.2) is 38.9 Å². The van der Waals surface area contributed by atoms with Gasteiger partial charge in [0, 0.05) is 29.4 Å². The third-order valence-corrected chi connectivity index (χ3v) is 7.00. The van der Waals surface area contributed by atoms with Crippen LogP contribution in [0.1, 0.15) is 20.9 Å². The van der Waals surface area contributed by atoms with Gasteiger partial charge in [-0.15, -0.1) is 11.3 Å².